The third kappa shape index (κ3) is 3.47. The van der Waals surface area contributed by atoms with Gasteiger partial charge < -0.3 is 0 Å². The maximum absolute atomic E-state index is 12.9. The average molecular weight is 502 g/mol. The Labute approximate surface area is 165 Å². The second-order valence-corrected chi connectivity index (χ2v) is 10.2. The van der Waals surface area contributed by atoms with Crippen LogP contribution in [0.15, 0.2) is 34.8 Å². The fraction of sp³-hybridized carbons (Fsp3) is 0.550. The van der Waals surface area contributed by atoms with Gasteiger partial charge in [0.05, 0.1) is 0 Å². The molecule has 2 nitrogen and oxygen atoms in total. The van der Waals surface area contributed by atoms with E-state index in [0.717, 1.165) is 38.1 Å². The molecule has 3 rings (SSSR count). The van der Waals surface area contributed by atoms with Crippen LogP contribution < -0.4 is 0 Å². The van der Waals surface area contributed by atoms with E-state index in [1.807, 2.05) is 0 Å². The minimum absolute atomic E-state index is 0.0190. The van der Waals surface area contributed by atoms with Crippen molar-refractivity contribution < 1.29 is 4.79 Å². The molecule has 0 bridgehead atoms. The summed E-state index contributed by atoms with van der Waals surface area (Å²) in [7, 11) is 0. The molecule has 1 aliphatic heterocycles. The van der Waals surface area contributed by atoms with Gasteiger partial charge in [-0.3, -0.25) is 0 Å². The SMILES string of the molecule is CCCCN1C(=O)[Se]/C(=C(/I)c2ccccc2)C12CCC(C)CC2. The summed E-state index contributed by atoms with van der Waals surface area (Å²) < 4.78 is 2.78. The summed E-state index contributed by atoms with van der Waals surface area (Å²) in [5.74, 6) is 0.794. The predicted molar refractivity (Wildman–Crippen MR) is 111 cm³/mol. The number of carbonyl (C=O) groups excluding carboxylic acids is 1. The number of amides is 1. The van der Waals surface area contributed by atoms with Gasteiger partial charge in [0.2, 0.25) is 0 Å². The summed E-state index contributed by atoms with van der Waals surface area (Å²) in [6.45, 7) is 5.51. The molecule has 1 amide bonds. The van der Waals surface area contributed by atoms with E-state index < -0.39 is 0 Å². The van der Waals surface area contributed by atoms with Gasteiger partial charge in [0.25, 0.3) is 0 Å². The van der Waals surface area contributed by atoms with E-state index in [0.29, 0.717) is 4.81 Å². The van der Waals surface area contributed by atoms with Crippen LogP contribution in [0.1, 0.15) is 57.9 Å². The molecule has 1 heterocycles. The second kappa shape index (κ2) is 7.92. The van der Waals surface area contributed by atoms with Gasteiger partial charge in [0, 0.05) is 0 Å². The molecule has 24 heavy (non-hydrogen) atoms. The number of carbonyl (C=O) groups is 1. The molecule has 0 N–H and O–H groups in total. The minimum atomic E-state index is -0.0410. The van der Waals surface area contributed by atoms with E-state index in [1.165, 1.54) is 26.5 Å². The van der Waals surface area contributed by atoms with Crippen molar-refractivity contribution in [2.75, 3.05) is 6.54 Å². The van der Waals surface area contributed by atoms with E-state index in [-0.39, 0.29) is 20.5 Å². The summed E-state index contributed by atoms with van der Waals surface area (Å²) in [5.41, 5.74) is 1.30. The fourth-order valence-corrected chi connectivity index (χ4v) is 7.94. The third-order valence-electron chi connectivity index (χ3n) is 5.41. The molecule has 1 saturated heterocycles. The first kappa shape index (κ1) is 18.5. The molecule has 2 fully saturated rings. The van der Waals surface area contributed by atoms with Crippen molar-refractivity contribution in [3.8, 4) is 0 Å². The molecule has 1 saturated carbocycles. The van der Waals surface area contributed by atoms with Crippen molar-refractivity contribution in [3.05, 3.63) is 40.4 Å². The van der Waals surface area contributed by atoms with Crippen molar-refractivity contribution in [1.82, 2.24) is 4.90 Å². The zero-order valence-corrected chi connectivity index (χ0v) is 18.4. The Morgan fingerprint density at radius 3 is 2.58 bits per heavy atom. The zero-order chi connectivity index (χ0) is 17.2. The Kier molecular flexibility index (Phi) is 6.10. The topological polar surface area (TPSA) is 20.3 Å². The van der Waals surface area contributed by atoms with Crippen LogP contribution in [0.25, 0.3) is 3.58 Å². The van der Waals surface area contributed by atoms with E-state index in [9.17, 15) is 4.79 Å². The Morgan fingerprint density at radius 2 is 1.96 bits per heavy atom. The number of halogens is 1. The van der Waals surface area contributed by atoms with Crippen LogP contribution in [0.5, 0.6) is 0 Å². The summed E-state index contributed by atoms with van der Waals surface area (Å²) in [4.78, 5) is 15.6. The molecule has 0 aromatic heterocycles. The quantitative estimate of drug-likeness (QED) is 0.384. The molecule has 1 aromatic rings. The van der Waals surface area contributed by atoms with Gasteiger partial charge >= 0.3 is 166 Å². The predicted octanol–water partition coefficient (Wildman–Crippen LogP) is 5.68. The third-order valence-corrected chi connectivity index (χ3v) is 9.88. The van der Waals surface area contributed by atoms with Crippen LogP contribution in [0, 0.1) is 5.92 Å². The van der Waals surface area contributed by atoms with Gasteiger partial charge in [0.15, 0.2) is 0 Å². The van der Waals surface area contributed by atoms with E-state index in [2.05, 4.69) is 71.7 Å². The second-order valence-electron chi connectivity index (χ2n) is 7.10. The van der Waals surface area contributed by atoms with Crippen molar-refractivity contribution in [3.63, 3.8) is 0 Å². The number of hydrogen-bond donors (Lipinski definition) is 0. The summed E-state index contributed by atoms with van der Waals surface area (Å²) in [5, 5.41) is 0. The monoisotopic (exact) mass is 503 g/mol. The van der Waals surface area contributed by atoms with Gasteiger partial charge in [-0.1, -0.05) is 0 Å². The van der Waals surface area contributed by atoms with Crippen molar-refractivity contribution in [2.45, 2.75) is 57.9 Å². The van der Waals surface area contributed by atoms with Crippen LogP contribution in [0.4, 0.5) is 4.79 Å². The van der Waals surface area contributed by atoms with Crippen molar-refractivity contribution in [1.29, 1.82) is 0 Å². The van der Waals surface area contributed by atoms with Crippen molar-refractivity contribution >= 4 is 45.9 Å². The van der Waals surface area contributed by atoms with E-state index in [1.54, 1.807) is 0 Å². The van der Waals surface area contributed by atoms with Crippen molar-refractivity contribution in [2.24, 2.45) is 5.92 Å². The first-order valence-corrected chi connectivity index (χ1v) is 11.8. The molecule has 0 radical (unpaired) electrons. The van der Waals surface area contributed by atoms with Gasteiger partial charge in [-0.05, 0) is 0 Å². The standard InChI is InChI=1S/C20H26INOSe/c1-3-4-14-22-19(23)24-18(17(21)16-8-6-5-7-9-16)20(22)12-10-15(2)11-13-20/h5-9,15H,3-4,10-14H2,1-2H3/b18-17+. The molecule has 4 heteroatoms. The molecule has 0 atom stereocenters. The summed E-state index contributed by atoms with van der Waals surface area (Å²) in [6, 6.07) is 10.6. The molecule has 1 aromatic carbocycles. The van der Waals surface area contributed by atoms with E-state index in [4.69, 9.17) is 0 Å². The number of hydrogen-bond acceptors (Lipinski definition) is 1. The molecule has 0 unspecified atom stereocenters. The Morgan fingerprint density at radius 1 is 1.29 bits per heavy atom. The number of benzene rings is 1. The Bertz CT molecular complexity index is 620. The molecule has 1 aliphatic carbocycles. The zero-order valence-electron chi connectivity index (χ0n) is 14.6. The maximum atomic E-state index is 12.9. The average Bonchev–Trinajstić information content (AvgIpc) is 2.88. The van der Waals surface area contributed by atoms with Gasteiger partial charge in [-0.2, -0.15) is 0 Å². The molecule has 130 valence electrons. The first-order chi connectivity index (χ1) is 11.6. The molecule has 2 aliphatic rings. The Balaban J connectivity index is 2.02. The van der Waals surface area contributed by atoms with Crippen LogP contribution in [-0.2, 0) is 0 Å². The molecular formula is C20H26INOSe. The van der Waals surface area contributed by atoms with Gasteiger partial charge in [-0.15, -0.1) is 0 Å². The normalized spacial score (nSPS) is 29.4. The van der Waals surface area contributed by atoms with Gasteiger partial charge in [-0.25, -0.2) is 0 Å². The van der Waals surface area contributed by atoms with Crippen LogP contribution >= 0.6 is 22.6 Å². The van der Waals surface area contributed by atoms with Gasteiger partial charge in [0.1, 0.15) is 0 Å². The fourth-order valence-electron chi connectivity index (χ4n) is 3.86. The van der Waals surface area contributed by atoms with E-state index >= 15 is 0 Å². The number of unbranched alkanes of at least 4 members (excludes halogenated alkanes) is 1. The number of rotatable bonds is 4. The van der Waals surface area contributed by atoms with Crippen LogP contribution in [-0.4, -0.2) is 36.7 Å². The Hall–Kier alpha value is -0.321. The molecule has 1 spiro atoms. The number of nitrogens with zero attached hydrogens (tertiary/aromatic N) is 1. The van der Waals surface area contributed by atoms with Crippen LogP contribution in [0.3, 0.4) is 0 Å². The van der Waals surface area contributed by atoms with Crippen LogP contribution in [0.2, 0.25) is 0 Å². The first-order valence-electron chi connectivity index (χ1n) is 9.03. The molecular weight excluding hydrogens is 476 g/mol. The summed E-state index contributed by atoms with van der Waals surface area (Å²) >= 11 is 2.46. The summed E-state index contributed by atoms with van der Waals surface area (Å²) in [6.07, 6.45) is 7.06.